The summed E-state index contributed by atoms with van der Waals surface area (Å²) < 4.78 is 25.4. The molecule has 0 radical (unpaired) electrons. The number of sulfonamides is 1. The molecule has 1 aliphatic heterocycles. The van der Waals surface area contributed by atoms with Crippen LogP contribution < -0.4 is 4.72 Å². The number of nitrogens with one attached hydrogen (secondary N) is 1. The first-order chi connectivity index (χ1) is 9.00. The summed E-state index contributed by atoms with van der Waals surface area (Å²) in [5.41, 5.74) is 1.40. The summed E-state index contributed by atoms with van der Waals surface area (Å²) in [5.74, 6) is 1.13. The van der Waals surface area contributed by atoms with Gasteiger partial charge in [0.05, 0.1) is 11.4 Å². The van der Waals surface area contributed by atoms with Crippen LogP contribution in [0.5, 0.6) is 0 Å². The van der Waals surface area contributed by atoms with Gasteiger partial charge in [-0.1, -0.05) is 11.8 Å². The van der Waals surface area contributed by atoms with Crippen molar-refractivity contribution >= 4 is 50.7 Å². The highest BCUT2D eigenvalue weighted by atomic mass is 35.5. The minimum absolute atomic E-state index is 0. The van der Waals surface area contributed by atoms with Crippen LogP contribution in [0.4, 0.5) is 11.4 Å². The molecule has 1 saturated heterocycles. The van der Waals surface area contributed by atoms with E-state index in [1.807, 2.05) is 19.2 Å². The molecular weight excluding hydrogens is 318 g/mol. The minimum atomic E-state index is -3.21. The average Bonchev–Trinajstić information content (AvgIpc) is 2.77. The lowest BCUT2D eigenvalue weighted by Gasteiger charge is -2.10. The maximum atomic E-state index is 11.4. The van der Waals surface area contributed by atoms with E-state index in [-0.39, 0.29) is 18.2 Å². The number of rotatable bonds is 4. The number of hydrogen-bond acceptors (Lipinski definition) is 4. The predicted molar refractivity (Wildman–Crippen MR) is 89.0 cm³/mol. The zero-order valence-electron chi connectivity index (χ0n) is 11.4. The number of anilines is 1. The first kappa shape index (κ1) is 17.1. The highest BCUT2D eigenvalue weighted by Gasteiger charge is 2.14. The Morgan fingerprint density at radius 1 is 1.35 bits per heavy atom. The fourth-order valence-electron chi connectivity index (χ4n) is 1.56. The van der Waals surface area contributed by atoms with Gasteiger partial charge in [0.15, 0.2) is 5.17 Å². The van der Waals surface area contributed by atoms with Crippen LogP contribution in [0, 0.1) is 0 Å². The van der Waals surface area contributed by atoms with Crippen LogP contribution in [-0.2, 0) is 10.0 Å². The Labute approximate surface area is 130 Å². The predicted octanol–water partition coefficient (Wildman–Crippen LogP) is 2.54. The lowest BCUT2D eigenvalue weighted by atomic mass is 10.3. The summed E-state index contributed by atoms with van der Waals surface area (Å²) in [5, 5.41) is 1.00. The Hall–Kier alpha value is -0.920. The lowest BCUT2D eigenvalue weighted by Crippen LogP contribution is -2.17. The van der Waals surface area contributed by atoms with E-state index in [2.05, 4.69) is 14.6 Å². The van der Waals surface area contributed by atoms with E-state index in [0.29, 0.717) is 5.69 Å². The Bertz CT molecular complexity index is 573. The van der Waals surface area contributed by atoms with Gasteiger partial charge in [-0.15, -0.1) is 12.4 Å². The second-order valence-corrected chi connectivity index (χ2v) is 7.29. The Morgan fingerprint density at radius 3 is 2.50 bits per heavy atom. The van der Waals surface area contributed by atoms with Gasteiger partial charge in [-0.3, -0.25) is 4.72 Å². The molecule has 1 aromatic carbocycles. The van der Waals surface area contributed by atoms with Crippen molar-refractivity contribution in [3.05, 3.63) is 24.3 Å². The van der Waals surface area contributed by atoms with Crippen molar-refractivity contribution in [2.75, 3.05) is 29.8 Å². The van der Waals surface area contributed by atoms with Crippen molar-refractivity contribution in [1.29, 1.82) is 0 Å². The second kappa shape index (κ2) is 7.19. The first-order valence-corrected chi connectivity index (χ1v) is 8.67. The summed E-state index contributed by atoms with van der Waals surface area (Å²) in [6.07, 6.45) is 0. The van der Waals surface area contributed by atoms with E-state index in [0.717, 1.165) is 23.2 Å². The Kier molecular flexibility index (Phi) is 6.16. The van der Waals surface area contributed by atoms with Crippen LogP contribution in [0.1, 0.15) is 6.92 Å². The number of benzene rings is 1. The Morgan fingerprint density at radius 2 is 2.00 bits per heavy atom. The lowest BCUT2D eigenvalue weighted by molar-refractivity contribution is 0.563. The van der Waals surface area contributed by atoms with E-state index in [1.165, 1.54) is 0 Å². The van der Waals surface area contributed by atoms with Gasteiger partial charge in [0, 0.05) is 25.0 Å². The molecule has 1 heterocycles. The molecule has 0 aliphatic carbocycles. The molecule has 0 spiro atoms. The standard InChI is InChI=1S/C12H17N3O2S2.ClH/c1-3-19(16,17)14-11-6-4-10(5-7-11)13-12-15(2)8-9-18-12;/h4-7,14H,3,8-9H2,1-2H3;1H. The van der Waals surface area contributed by atoms with Crippen LogP contribution >= 0.6 is 24.2 Å². The topological polar surface area (TPSA) is 61.8 Å². The van der Waals surface area contributed by atoms with Gasteiger partial charge in [0.1, 0.15) is 0 Å². The van der Waals surface area contributed by atoms with Crippen molar-refractivity contribution in [1.82, 2.24) is 4.90 Å². The summed E-state index contributed by atoms with van der Waals surface area (Å²) >= 11 is 1.73. The molecule has 112 valence electrons. The number of nitrogens with zero attached hydrogens (tertiary/aromatic N) is 2. The molecule has 0 bridgehead atoms. The van der Waals surface area contributed by atoms with Crippen LogP contribution in [-0.4, -0.2) is 43.6 Å². The van der Waals surface area contributed by atoms with Crippen molar-refractivity contribution in [3.63, 3.8) is 0 Å². The van der Waals surface area contributed by atoms with Gasteiger partial charge in [-0.25, -0.2) is 13.4 Å². The molecule has 0 amide bonds. The maximum Gasteiger partial charge on any atom is 0.232 e. The van der Waals surface area contributed by atoms with Crippen LogP contribution in [0.2, 0.25) is 0 Å². The van der Waals surface area contributed by atoms with Crippen molar-refractivity contribution in [2.24, 2.45) is 4.99 Å². The molecule has 0 unspecified atom stereocenters. The van der Waals surface area contributed by atoms with E-state index in [1.54, 1.807) is 30.8 Å². The van der Waals surface area contributed by atoms with Gasteiger partial charge in [-0.05, 0) is 31.2 Å². The normalized spacial score (nSPS) is 17.1. The number of thioether (sulfide) groups is 1. The average molecular weight is 336 g/mol. The number of amidine groups is 1. The van der Waals surface area contributed by atoms with Gasteiger partial charge in [0.25, 0.3) is 0 Å². The monoisotopic (exact) mass is 335 g/mol. The molecule has 1 aliphatic rings. The Balaban J connectivity index is 0.00000200. The van der Waals surface area contributed by atoms with Crippen molar-refractivity contribution in [2.45, 2.75) is 6.92 Å². The molecule has 0 saturated carbocycles. The van der Waals surface area contributed by atoms with Crippen LogP contribution in [0.3, 0.4) is 0 Å². The third kappa shape index (κ3) is 4.57. The van der Waals surface area contributed by atoms with Gasteiger partial charge in [-0.2, -0.15) is 0 Å². The molecule has 0 aromatic heterocycles. The van der Waals surface area contributed by atoms with Crippen LogP contribution in [0.15, 0.2) is 29.3 Å². The smallest absolute Gasteiger partial charge is 0.232 e. The molecule has 1 N–H and O–H groups in total. The maximum absolute atomic E-state index is 11.4. The molecule has 1 fully saturated rings. The largest absolute Gasteiger partial charge is 0.353 e. The molecule has 0 atom stereocenters. The third-order valence-electron chi connectivity index (χ3n) is 2.73. The van der Waals surface area contributed by atoms with Gasteiger partial charge >= 0.3 is 0 Å². The fourth-order valence-corrected chi connectivity index (χ4v) is 3.23. The molecule has 5 nitrogen and oxygen atoms in total. The van der Waals surface area contributed by atoms with Gasteiger partial charge < -0.3 is 4.90 Å². The summed E-state index contributed by atoms with van der Waals surface area (Å²) in [6.45, 7) is 2.62. The molecule has 2 rings (SSSR count). The molecular formula is C12H18ClN3O2S2. The summed E-state index contributed by atoms with van der Waals surface area (Å²) in [4.78, 5) is 6.63. The second-order valence-electron chi connectivity index (χ2n) is 4.22. The fraction of sp³-hybridized carbons (Fsp3) is 0.417. The SMILES string of the molecule is CCS(=O)(=O)Nc1ccc(N=C2SCCN2C)cc1.Cl. The summed E-state index contributed by atoms with van der Waals surface area (Å²) in [7, 11) is -1.20. The quantitative estimate of drug-likeness (QED) is 0.918. The highest BCUT2D eigenvalue weighted by molar-refractivity contribution is 8.14. The van der Waals surface area contributed by atoms with E-state index in [4.69, 9.17) is 0 Å². The van der Waals surface area contributed by atoms with Crippen LogP contribution in [0.25, 0.3) is 0 Å². The van der Waals surface area contributed by atoms with Crippen molar-refractivity contribution < 1.29 is 8.42 Å². The van der Waals surface area contributed by atoms with Crippen molar-refractivity contribution in [3.8, 4) is 0 Å². The molecule has 8 heteroatoms. The summed E-state index contributed by atoms with van der Waals surface area (Å²) in [6, 6.07) is 7.08. The number of aliphatic imine (C=N–C) groups is 1. The third-order valence-corrected chi connectivity index (χ3v) is 5.08. The first-order valence-electron chi connectivity index (χ1n) is 6.03. The minimum Gasteiger partial charge on any atom is -0.353 e. The molecule has 1 aromatic rings. The molecule has 20 heavy (non-hydrogen) atoms. The van der Waals surface area contributed by atoms with Gasteiger partial charge in [0.2, 0.25) is 10.0 Å². The zero-order valence-corrected chi connectivity index (χ0v) is 13.8. The van der Waals surface area contributed by atoms with E-state index < -0.39 is 10.0 Å². The zero-order chi connectivity index (χ0) is 13.9. The van der Waals surface area contributed by atoms with E-state index in [9.17, 15) is 8.42 Å². The highest BCUT2D eigenvalue weighted by Crippen LogP contribution is 2.23. The number of hydrogen-bond donors (Lipinski definition) is 1. The number of halogens is 1. The van der Waals surface area contributed by atoms with E-state index >= 15 is 0 Å².